The van der Waals surface area contributed by atoms with Gasteiger partial charge in [-0.1, -0.05) is 12.7 Å². The monoisotopic (exact) mass is 200 g/mol. The van der Waals surface area contributed by atoms with Crippen molar-refractivity contribution in [1.29, 1.82) is 0 Å². The van der Waals surface area contributed by atoms with Crippen molar-refractivity contribution in [3.8, 4) is 0 Å². The Bertz CT molecular complexity index is 210. The molecule has 0 spiro atoms. The van der Waals surface area contributed by atoms with Crippen molar-refractivity contribution in [3.05, 3.63) is 24.8 Å². The van der Waals surface area contributed by atoms with Crippen molar-refractivity contribution in [2.75, 3.05) is 19.8 Å². The second-order valence-electron chi connectivity index (χ2n) is 2.86. The van der Waals surface area contributed by atoms with Crippen molar-refractivity contribution in [1.82, 2.24) is 0 Å². The molecular weight excluding hydrogens is 184 g/mol. The Morgan fingerprint density at radius 1 is 1.57 bits per heavy atom. The third-order valence-corrected chi connectivity index (χ3v) is 1.30. The predicted octanol–water partition coefficient (Wildman–Crippen LogP) is 0.669. The first-order valence-corrected chi connectivity index (χ1v) is 4.27. The molecule has 1 atom stereocenters. The summed E-state index contributed by atoms with van der Waals surface area (Å²) in [5.74, 6) is -0.507. The highest BCUT2D eigenvalue weighted by molar-refractivity contribution is 5.86. The lowest BCUT2D eigenvalue weighted by atomic mass is 10.3. The Kier molecular flexibility index (Phi) is 6.70. The lowest BCUT2D eigenvalue weighted by Gasteiger charge is -2.10. The van der Waals surface area contributed by atoms with E-state index in [9.17, 15) is 9.90 Å². The van der Waals surface area contributed by atoms with Crippen molar-refractivity contribution < 1.29 is 19.4 Å². The van der Waals surface area contributed by atoms with E-state index in [1.54, 1.807) is 13.0 Å². The maximum atomic E-state index is 10.9. The van der Waals surface area contributed by atoms with Crippen LogP contribution in [-0.4, -0.2) is 37.0 Å². The molecule has 4 heteroatoms. The molecule has 0 aromatic heterocycles. The first-order chi connectivity index (χ1) is 6.57. The Labute approximate surface area is 83.8 Å². The number of ether oxygens (including phenoxy) is 2. The molecule has 0 aliphatic heterocycles. The molecular formula is C10H16O4. The van der Waals surface area contributed by atoms with E-state index < -0.39 is 12.1 Å². The highest BCUT2D eigenvalue weighted by Crippen LogP contribution is 1.94. The molecule has 0 aliphatic carbocycles. The van der Waals surface area contributed by atoms with E-state index >= 15 is 0 Å². The number of hydrogen-bond donors (Lipinski definition) is 1. The predicted molar refractivity (Wildman–Crippen MR) is 52.8 cm³/mol. The van der Waals surface area contributed by atoms with Crippen LogP contribution in [0.1, 0.15) is 6.92 Å². The third-order valence-electron chi connectivity index (χ3n) is 1.30. The van der Waals surface area contributed by atoms with Gasteiger partial charge < -0.3 is 14.6 Å². The molecule has 0 saturated carbocycles. The Morgan fingerprint density at radius 2 is 2.21 bits per heavy atom. The lowest BCUT2D eigenvalue weighted by molar-refractivity contribution is -0.142. The average Bonchev–Trinajstić information content (AvgIpc) is 2.14. The molecule has 0 saturated heterocycles. The van der Waals surface area contributed by atoms with Gasteiger partial charge in [0.1, 0.15) is 12.7 Å². The van der Waals surface area contributed by atoms with Crippen LogP contribution in [0.4, 0.5) is 0 Å². The van der Waals surface area contributed by atoms with Crippen LogP contribution in [0.2, 0.25) is 0 Å². The standard InChI is InChI=1S/C10H16O4/c1-4-5-13-6-9(11)7-14-10(12)8(2)3/h4,9,11H,1-2,5-7H2,3H3. The molecule has 0 radical (unpaired) electrons. The summed E-state index contributed by atoms with van der Waals surface area (Å²) in [6.07, 6.45) is 0.769. The van der Waals surface area contributed by atoms with Gasteiger partial charge >= 0.3 is 5.97 Å². The fourth-order valence-electron chi connectivity index (χ4n) is 0.631. The van der Waals surface area contributed by atoms with E-state index in [4.69, 9.17) is 9.47 Å². The number of carbonyl (C=O) groups excluding carboxylic acids is 1. The quantitative estimate of drug-likeness (QED) is 0.284. The number of rotatable bonds is 7. The van der Waals surface area contributed by atoms with E-state index in [1.165, 1.54) is 0 Å². The zero-order valence-electron chi connectivity index (χ0n) is 8.36. The zero-order valence-corrected chi connectivity index (χ0v) is 8.36. The van der Waals surface area contributed by atoms with E-state index in [0.717, 1.165) is 0 Å². The summed E-state index contributed by atoms with van der Waals surface area (Å²) in [6, 6.07) is 0. The summed E-state index contributed by atoms with van der Waals surface area (Å²) in [7, 11) is 0. The normalized spacial score (nSPS) is 11.9. The van der Waals surface area contributed by atoms with E-state index in [-0.39, 0.29) is 13.2 Å². The molecule has 4 nitrogen and oxygen atoms in total. The smallest absolute Gasteiger partial charge is 0.333 e. The molecule has 0 amide bonds. The highest BCUT2D eigenvalue weighted by Gasteiger charge is 2.08. The molecule has 80 valence electrons. The second kappa shape index (κ2) is 7.29. The summed E-state index contributed by atoms with van der Waals surface area (Å²) >= 11 is 0. The Hall–Kier alpha value is -1.13. The average molecular weight is 200 g/mol. The number of aliphatic hydroxyl groups excluding tert-OH is 1. The minimum absolute atomic E-state index is 0.0805. The number of hydrogen-bond acceptors (Lipinski definition) is 4. The van der Waals surface area contributed by atoms with Gasteiger partial charge in [0.25, 0.3) is 0 Å². The largest absolute Gasteiger partial charge is 0.460 e. The van der Waals surface area contributed by atoms with Crippen LogP contribution in [0.15, 0.2) is 24.8 Å². The van der Waals surface area contributed by atoms with Crippen LogP contribution >= 0.6 is 0 Å². The lowest BCUT2D eigenvalue weighted by Crippen LogP contribution is -2.23. The number of aliphatic hydroxyl groups is 1. The third kappa shape index (κ3) is 6.39. The highest BCUT2D eigenvalue weighted by atomic mass is 16.5. The van der Waals surface area contributed by atoms with Crippen molar-refractivity contribution in [3.63, 3.8) is 0 Å². The topological polar surface area (TPSA) is 55.8 Å². The summed E-state index contributed by atoms with van der Waals surface area (Å²) in [6.45, 7) is 8.81. The SMILES string of the molecule is C=CCOCC(O)COC(=O)C(=C)C. The Balaban J connectivity index is 3.52. The molecule has 0 aromatic rings. The molecule has 0 heterocycles. The molecule has 0 aliphatic rings. The van der Waals surface area contributed by atoms with Gasteiger partial charge in [0, 0.05) is 5.57 Å². The summed E-state index contributed by atoms with van der Waals surface area (Å²) < 4.78 is 9.66. The molecule has 0 fully saturated rings. The first kappa shape index (κ1) is 12.9. The van der Waals surface area contributed by atoms with Gasteiger partial charge in [-0.05, 0) is 6.92 Å². The number of carbonyl (C=O) groups is 1. The van der Waals surface area contributed by atoms with Crippen molar-refractivity contribution in [2.24, 2.45) is 0 Å². The van der Waals surface area contributed by atoms with Gasteiger partial charge in [-0.25, -0.2) is 4.79 Å². The fraction of sp³-hybridized carbons (Fsp3) is 0.500. The molecule has 1 N–H and O–H groups in total. The van der Waals surface area contributed by atoms with Gasteiger partial charge in [-0.15, -0.1) is 6.58 Å². The zero-order chi connectivity index (χ0) is 11.0. The van der Waals surface area contributed by atoms with Crippen LogP contribution in [0.5, 0.6) is 0 Å². The van der Waals surface area contributed by atoms with Crippen molar-refractivity contribution >= 4 is 5.97 Å². The maximum absolute atomic E-state index is 10.9. The van der Waals surface area contributed by atoms with E-state index in [2.05, 4.69) is 13.2 Å². The van der Waals surface area contributed by atoms with Crippen LogP contribution in [0.3, 0.4) is 0 Å². The molecule has 0 rings (SSSR count). The Morgan fingerprint density at radius 3 is 2.71 bits per heavy atom. The van der Waals surface area contributed by atoms with Gasteiger partial charge in [0.2, 0.25) is 0 Å². The van der Waals surface area contributed by atoms with Crippen molar-refractivity contribution in [2.45, 2.75) is 13.0 Å². The number of esters is 1. The summed E-state index contributed by atoms with van der Waals surface area (Å²) in [5.41, 5.74) is 0.309. The van der Waals surface area contributed by atoms with Crippen LogP contribution in [0.25, 0.3) is 0 Å². The van der Waals surface area contributed by atoms with Crippen LogP contribution in [-0.2, 0) is 14.3 Å². The second-order valence-corrected chi connectivity index (χ2v) is 2.86. The summed E-state index contributed by atoms with van der Waals surface area (Å²) in [5, 5.41) is 9.24. The molecule has 0 bridgehead atoms. The summed E-state index contributed by atoms with van der Waals surface area (Å²) in [4.78, 5) is 10.9. The first-order valence-electron chi connectivity index (χ1n) is 4.27. The minimum atomic E-state index is -0.807. The van der Waals surface area contributed by atoms with E-state index in [1.807, 2.05) is 0 Å². The van der Waals surface area contributed by atoms with Gasteiger partial charge in [-0.2, -0.15) is 0 Å². The fourth-order valence-corrected chi connectivity index (χ4v) is 0.631. The van der Waals surface area contributed by atoms with Gasteiger partial charge in [0.05, 0.1) is 13.2 Å². The van der Waals surface area contributed by atoms with Gasteiger partial charge in [0.15, 0.2) is 0 Å². The van der Waals surface area contributed by atoms with Crippen LogP contribution in [0, 0.1) is 0 Å². The maximum Gasteiger partial charge on any atom is 0.333 e. The minimum Gasteiger partial charge on any atom is -0.460 e. The van der Waals surface area contributed by atoms with Crippen LogP contribution < -0.4 is 0 Å². The molecule has 0 aromatic carbocycles. The molecule has 14 heavy (non-hydrogen) atoms. The van der Waals surface area contributed by atoms with Gasteiger partial charge in [-0.3, -0.25) is 0 Å². The van der Waals surface area contributed by atoms with E-state index in [0.29, 0.717) is 12.2 Å². The molecule has 1 unspecified atom stereocenters.